The van der Waals surface area contributed by atoms with Crippen LogP contribution in [0.5, 0.6) is 0 Å². The van der Waals surface area contributed by atoms with Crippen molar-refractivity contribution < 1.29 is 13.5 Å². The summed E-state index contributed by atoms with van der Waals surface area (Å²) in [6, 6.07) is 7.51. The number of rotatable bonds is 5. The second-order valence-electron chi connectivity index (χ2n) is 5.51. The minimum atomic E-state index is -3.54. The summed E-state index contributed by atoms with van der Waals surface area (Å²) in [4.78, 5) is 0. The Balaban J connectivity index is 2.30. The van der Waals surface area contributed by atoms with Crippen LogP contribution in [-0.2, 0) is 10.2 Å². The van der Waals surface area contributed by atoms with Gasteiger partial charge in [-0.05, 0) is 44.2 Å². The van der Waals surface area contributed by atoms with Crippen molar-refractivity contribution in [1.29, 1.82) is 0 Å². The first-order chi connectivity index (χ1) is 10.0. The predicted octanol–water partition coefficient (Wildman–Crippen LogP) is 1.77. The Bertz CT molecular complexity index is 574. The van der Waals surface area contributed by atoms with Crippen LogP contribution in [0.15, 0.2) is 24.3 Å². The average molecular weight is 312 g/mol. The summed E-state index contributed by atoms with van der Waals surface area (Å²) in [5, 5.41) is 9.30. The standard InChI is InChI=1S/C15H24N2O3S/c1-3-17(15-9-5-4-7-13(15)2)21(19,20)16-10-6-8-14(11-16)12-18/h4-5,7,9,14,18H,3,6,8,10-12H2,1-2H3. The number of nitrogens with zero attached hydrogens (tertiary/aromatic N) is 2. The topological polar surface area (TPSA) is 60.9 Å². The van der Waals surface area contributed by atoms with E-state index >= 15 is 0 Å². The molecule has 0 amide bonds. The average Bonchev–Trinajstić information content (AvgIpc) is 2.50. The van der Waals surface area contributed by atoms with E-state index in [1.807, 2.05) is 38.1 Å². The quantitative estimate of drug-likeness (QED) is 0.901. The monoisotopic (exact) mass is 312 g/mol. The van der Waals surface area contributed by atoms with E-state index in [1.54, 1.807) is 0 Å². The highest BCUT2D eigenvalue weighted by molar-refractivity contribution is 7.90. The van der Waals surface area contributed by atoms with E-state index in [0.29, 0.717) is 19.6 Å². The second kappa shape index (κ2) is 6.77. The molecule has 5 nitrogen and oxygen atoms in total. The van der Waals surface area contributed by atoms with Crippen molar-refractivity contribution in [3.05, 3.63) is 29.8 Å². The minimum Gasteiger partial charge on any atom is -0.396 e. The zero-order chi connectivity index (χ0) is 15.5. The zero-order valence-electron chi connectivity index (χ0n) is 12.7. The van der Waals surface area contributed by atoms with Crippen LogP contribution in [-0.4, -0.2) is 44.1 Å². The molecule has 2 rings (SSSR count). The van der Waals surface area contributed by atoms with Crippen molar-refractivity contribution in [1.82, 2.24) is 4.31 Å². The molecule has 118 valence electrons. The third-order valence-electron chi connectivity index (χ3n) is 4.02. The van der Waals surface area contributed by atoms with E-state index in [2.05, 4.69) is 0 Å². The maximum absolute atomic E-state index is 12.9. The summed E-state index contributed by atoms with van der Waals surface area (Å²) in [6.45, 7) is 5.14. The molecule has 1 atom stereocenters. The first-order valence-electron chi connectivity index (χ1n) is 7.45. The van der Waals surface area contributed by atoms with Crippen molar-refractivity contribution in [3.63, 3.8) is 0 Å². The molecule has 1 aliphatic heterocycles. The van der Waals surface area contributed by atoms with Crippen molar-refractivity contribution in [2.45, 2.75) is 26.7 Å². The van der Waals surface area contributed by atoms with Crippen LogP contribution in [0, 0.1) is 12.8 Å². The van der Waals surface area contributed by atoms with E-state index < -0.39 is 10.2 Å². The van der Waals surface area contributed by atoms with Gasteiger partial charge in [0, 0.05) is 26.2 Å². The number of aliphatic hydroxyl groups is 1. The predicted molar refractivity (Wildman–Crippen MR) is 84.5 cm³/mol. The molecule has 1 aromatic carbocycles. The number of piperidine rings is 1. The summed E-state index contributed by atoms with van der Waals surface area (Å²) >= 11 is 0. The molecule has 1 aliphatic rings. The molecule has 0 aromatic heterocycles. The van der Waals surface area contributed by atoms with Gasteiger partial charge in [-0.3, -0.25) is 4.31 Å². The maximum Gasteiger partial charge on any atom is 0.304 e. The van der Waals surface area contributed by atoms with Crippen molar-refractivity contribution in [2.75, 3.05) is 30.5 Å². The molecule has 0 bridgehead atoms. The lowest BCUT2D eigenvalue weighted by atomic mass is 10.0. The number of hydrogen-bond donors (Lipinski definition) is 1. The summed E-state index contributed by atoms with van der Waals surface area (Å²) in [6.07, 6.45) is 1.69. The summed E-state index contributed by atoms with van der Waals surface area (Å²) in [5.41, 5.74) is 1.67. The molecule has 6 heteroatoms. The highest BCUT2D eigenvalue weighted by atomic mass is 32.2. The van der Waals surface area contributed by atoms with Crippen molar-refractivity contribution in [2.24, 2.45) is 5.92 Å². The van der Waals surface area contributed by atoms with E-state index in [0.717, 1.165) is 24.1 Å². The molecule has 1 aromatic rings. The van der Waals surface area contributed by atoms with Gasteiger partial charge in [0.2, 0.25) is 0 Å². The zero-order valence-corrected chi connectivity index (χ0v) is 13.5. The highest BCUT2D eigenvalue weighted by Crippen LogP contribution is 2.27. The lowest BCUT2D eigenvalue weighted by Gasteiger charge is -2.35. The van der Waals surface area contributed by atoms with Crippen molar-refractivity contribution in [3.8, 4) is 0 Å². The molecule has 0 saturated carbocycles. The first-order valence-corrected chi connectivity index (χ1v) is 8.84. The lowest BCUT2D eigenvalue weighted by Crippen LogP contribution is -2.48. The lowest BCUT2D eigenvalue weighted by molar-refractivity contribution is 0.165. The van der Waals surface area contributed by atoms with Crippen LogP contribution in [0.1, 0.15) is 25.3 Å². The Morgan fingerprint density at radius 1 is 1.38 bits per heavy atom. The van der Waals surface area contributed by atoms with E-state index in [-0.39, 0.29) is 12.5 Å². The number of aliphatic hydroxyl groups excluding tert-OH is 1. The molecule has 1 unspecified atom stereocenters. The summed E-state index contributed by atoms with van der Waals surface area (Å²) in [7, 11) is -3.54. The molecule has 21 heavy (non-hydrogen) atoms. The van der Waals surface area contributed by atoms with Gasteiger partial charge in [0.05, 0.1) is 5.69 Å². The minimum absolute atomic E-state index is 0.0442. The third-order valence-corrected chi connectivity index (χ3v) is 6.01. The molecule has 1 N–H and O–H groups in total. The Labute approximate surface area is 127 Å². The normalized spacial score (nSPS) is 20.4. The van der Waals surface area contributed by atoms with Gasteiger partial charge in [-0.2, -0.15) is 12.7 Å². The van der Waals surface area contributed by atoms with Crippen molar-refractivity contribution >= 4 is 15.9 Å². The van der Waals surface area contributed by atoms with Crippen LogP contribution in [0.2, 0.25) is 0 Å². The highest BCUT2D eigenvalue weighted by Gasteiger charge is 2.33. The molecular weight excluding hydrogens is 288 g/mol. The maximum atomic E-state index is 12.9. The van der Waals surface area contributed by atoms with Crippen LogP contribution in [0.4, 0.5) is 5.69 Å². The Morgan fingerprint density at radius 3 is 2.71 bits per heavy atom. The number of hydrogen-bond acceptors (Lipinski definition) is 3. The van der Waals surface area contributed by atoms with Crippen LogP contribution < -0.4 is 4.31 Å². The van der Waals surface area contributed by atoms with Gasteiger partial charge in [-0.25, -0.2) is 0 Å². The summed E-state index contributed by atoms with van der Waals surface area (Å²) < 4.78 is 28.8. The molecule has 0 radical (unpaired) electrons. The number of benzene rings is 1. The molecule has 0 aliphatic carbocycles. The van der Waals surface area contributed by atoms with Gasteiger partial charge in [0.25, 0.3) is 0 Å². The van der Waals surface area contributed by atoms with Gasteiger partial charge in [-0.15, -0.1) is 0 Å². The van der Waals surface area contributed by atoms with Gasteiger partial charge >= 0.3 is 10.2 Å². The summed E-state index contributed by atoms with van der Waals surface area (Å²) in [5.74, 6) is 0.0455. The largest absolute Gasteiger partial charge is 0.396 e. The fraction of sp³-hybridized carbons (Fsp3) is 0.600. The first kappa shape index (κ1) is 16.3. The SMILES string of the molecule is CCN(c1ccccc1C)S(=O)(=O)N1CCCC(CO)C1. The second-order valence-corrected chi connectivity index (χ2v) is 7.36. The van der Waals surface area contributed by atoms with Gasteiger partial charge in [0.15, 0.2) is 0 Å². The van der Waals surface area contributed by atoms with Gasteiger partial charge in [0.1, 0.15) is 0 Å². The molecular formula is C15H24N2O3S. The number of aryl methyl sites for hydroxylation is 1. The Kier molecular flexibility index (Phi) is 5.24. The molecule has 1 fully saturated rings. The van der Waals surface area contributed by atoms with E-state index in [1.165, 1.54) is 8.61 Å². The van der Waals surface area contributed by atoms with Gasteiger partial charge < -0.3 is 5.11 Å². The fourth-order valence-corrected chi connectivity index (χ4v) is 4.64. The fourth-order valence-electron chi connectivity index (χ4n) is 2.83. The Hall–Kier alpha value is -1.11. The van der Waals surface area contributed by atoms with Gasteiger partial charge in [-0.1, -0.05) is 18.2 Å². The number of anilines is 1. The third kappa shape index (κ3) is 3.39. The Morgan fingerprint density at radius 2 is 2.10 bits per heavy atom. The smallest absolute Gasteiger partial charge is 0.304 e. The molecule has 1 saturated heterocycles. The van der Waals surface area contributed by atoms with Crippen LogP contribution in [0.3, 0.4) is 0 Å². The van der Waals surface area contributed by atoms with Crippen LogP contribution in [0.25, 0.3) is 0 Å². The van der Waals surface area contributed by atoms with E-state index in [9.17, 15) is 13.5 Å². The molecule has 0 spiro atoms. The van der Waals surface area contributed by atoms with Crippen LogP contribution >= 0.6 is 0 Å². The van der Waals surface area contributed by atoms with E-state index in [4.69, 9.17) is 0 Å². The molecule has 1 heterocycles. The number of para-hydroxylation sites is 1.